The molecule has 0 unspecified atom stereocenters. The van der Waals surface area contributed by atoms with Gasteiger partial charge in [0.2, 0.25) is 10.0 Å². The van der Waals surface area contributed by atoms with Crippen molar-refractivity contribution in [3.05, 3.63) is 45.8 Å². The van der Waals surface area contributed by atoms with E-state index in [9.17, 15) is 8.42 Å². The van der Waals surface area contributed by atoms with Crippen LogP contribution in [-0.2, 0) is 23.1 Å². The van der Waals surface area contributed by atoms with Gasteiger partial charge in [0.25, 0.3) is 0 Å². The molecule has 0 bridgehead atoms. The van der Waals surface area contributed by atoms with Crippen molar-refractivity contribution in [3.63, 3.8) is 0 Å². The summed E-state index contributed by atoms with van der Waals surface area (Å²) in [5, 5.41) is 6.97. The summed E-state index contributed by atoms with van der Waals surface area (Å²) in [5.41, 5.74) is 1.07. The van der Waals surface area contributed by atoms with Gasteiger partial charge in [0.05, 0.1) is 17.3 Å². The van der Waals surface area contributed by atoms with Crippen LogP contribution in [0.1, 0.15) is 11.3 Å². The molecule has 2 rings (SSSR count). The topological polar surface area (TPSA) is 84.2 Å². The van der Waals surface area contributed by atoms with Crippen molar-refractivity contribution in [1.29, 1.82) is 0 Å². The molecule has 9 heteroatoms. The summed E-state index contributed by atoms with van der Waals surface area (Å²) >= 11 is 12.1. The molecule has 1 heterocycles. The summed E-state index contributed by atoms with van der Waals surface area (Å²) < 4.78 is 31.7. The quantitative estimate of drug-likeness (QED) is 0.834. The first-order valence-corrected chi connectivity index (χ1v) is 8.19. The lowest BCUT2D eigenvalue weighted by atomic mass is 10.2. The van der Waals surface area contributed by atoms with Gasteiger partial charge in [-0.15, -0.1) is 0 Å². The minimum absolute atomic E-state index is 0.00301. The Morgan fingerprint density at radius 3 is 2.67 bits per heavy atom. The van der Waals surface area contributed by atoms with Gasteiger partial charge in [-0.25, -0.2) is 13.1 Å². The zero-order valence-electron chi connectivity index (χ0n) is 11.1. The van der Waals surface area contributed by atoms with Crippen LogP contribution in [0.4, 0.5) is 0 Å². The van der Waals surface area contributed by atoms with Crippen molar-refractivity contribution >= 4 is 33.2 Å². The van der Waals surface area contributed by atoms with Gasteiger partial charge in [-0.1, -0.05) is 28.4 Å². The van der Waals surface area contributed by atoms with E-state index in [1.165, 1.54) is 12.3 Å². The fourth-order valence-corrected chi connectivity index (χ4v) is 3.64. The van der Waals surface area contributed by atoms with Gasteiger partial charge < -0.3 is 9.84 Å². The fourth-order valence-electron chi connectivity index (χ4n) is 1.71. The number of nitrogens with one attached hydrogen (secondary N) is 2. The molecule has 0 aliphatic heterocycles. The van der Waals surface area contributed by atoms with Gasteiger partial charge in [-0.05, 0) is 24.7 Å². The van der Waals surface area contributed by atoms with E-state index in [2.05, 4.69) is 19.7 Å². The number of rotatable bonds is 6. The molecule has 0 spiro atoms. The molecular weight excluding hydrogens is 337 g/mol. The fraction of sp³-hybridized carbons (Fsp3) is 0.250. The van der Waals surface area contributed by atoms with Crippen LogP contribution in [0.5, 0.6) is 0 Å². The summed E-state index contributed by atoms with van der Waals surface area (Å²) in [6.45, 7) is 0.411. The van der Waals surface area contributed by atoms with Crippen LogP contribution in [0.3, 0.4) is 0 Å². The lowest BCUT2D eigenvalue weighted by molar-refractivity contribution is 0.411. The van der Waals surface area contributed by atoms with Crippen molar-refractivity contribution in [1.82, 2.24) is 15.2 Å². The first-order chi connectivity index (χ1) is 9.94. The largest absolute Gasteiger partial charge is 0.364 e. The molecule has 0 saturated heterocycles. The van der Waals surface area contributed by atoms with Crippen molar-refractivity contribution in [2.45, 2.75) is 18.0 Å². The van der Waals surface area contributed by atoms with Crippen LogP contribution in [0.25, 0.3) is 0 Å². The highest BCUT2D eigenvalue weighted by Gasteiger charge is 2.21. The number of nitrogens with zero attached hydrogens (tertiary/aromatic N) is 1. The number of halogens is 2. The van der Waals surface area contributed by atoms with Gasteiger partial charge in [0, 0.05) is 17.6 Å². The van der Waals surface area contributed by atoms with Crippen LogP contribution in [0.2, 0.25) is 10.0 Å². The Bertz CT molecular complexity index is 718. The Balaban J connectivity index is 2.30. The maximum atomic E-state index is 12.3. The summed E-state index contributed by atoms with van der Waals surface area (Å²) in [5.74, 6) is 0. The monoisotopic (exact) mass is 349 g/mol. The molecule has 6 nitrogen and oxygen atoms in total. The van der Waals surface area contributed by atoms with Gasteiger partial charge in [0.15, 0.2) is 0 Å². The van der Waals surface area contributed by atoms with Crippen molar-refractivity contribution in [2.75, 3.05) is 7.05 Å². The molecule has 1 aromatic carbocycles. The first kappa shape index (κ1) is 16.3. The molecule has 114 valence electrons. The van der Waals surface area contributed by atoms with E-state index in [1.807, 2.05) is 0 Å². The minimum atomic E-state index is -3.81. The molecule has 0 aliphatic carbocycles. The van der Waals surface area contributed by atoms with E-state index < -0.39 is 10.0 Å². The Kier molecular flexibility index (Phi) is 5.23. The van der Waals surface area contributed by atoms with Crippen LogP contribution in [-0.4, -0.2) is 20.6 Å². The smallest absolute Gasteiger partial charge is 0.242 e. The van der Waals surface area contributed by atoms with Gasteiger partial charge >= 0.3 is 0 Å². The Labute approximate surface area is 132 Å². The van der Waals surface area contributed by atoms with E-state index >= 15 is 0 Å². The maximum Gasteiger partial charge on any atom is 0.242 e. The molecule has 2 N–H and O–H groups in total. The summed E-state index contributed by atoms with van der Waals surface area (Å²) in [4.78, 5) is -0.0644. The van der Waals surface area contributed by atoms with E-state index in [1.54, 1.807) is 19.2 Å². The number of hydrogen-bond donors (Lipinski definition) is 2. The van der Waals surface area contributed by atoms with E-state index in [-0.39, 0.29) is 16.5 Å². The molecule has 2 aromatic rings. The zero-order chi connectivity index (χ0) is 15.5. The third kappa shape index (κ3) is 3.96. The summed E-state index contributed by atoms with van der Waals surface area (Å²) in [6.07, 6.45) is 1.36. The molecule has 0 atom stereocenters. The highest BCUT2D eigenvalue weighted by molar-refractivity contribution is 7.89. The number of benzene rings is 1. The van der Waals surface area contributed by atoms with Gasteiger partial charge in [0.1, 0.15) is 11.2 Å². The molecule has 0 saturated carbocycles. The van der Waals surface area contributed by atoms with Crippen LogP contribution < -0.4 is 10.0 Å². The van der Waals surface area contributed by atoms with Gasteiger partial charge in [-0.3, -0.25) is 0 Å². The molecule has 0 radical (unpaired) electrons. The van der Waals surface area contributed by atoms with Crippen molar-refractivity contribution in [2.24, 2.45) is 0 Å². The standard InChI is InChI=1S/C12H13Cl2N3O3S/c1-15-6-8-4-9(13)5-11(12(8)14)21(18,19)16-7-10-2-3-20-17-10/h2-5,15-16H,6-7H2,1H3. The molecular formula is C12H13Cl2N3O3S. The summed E-state index contributed by atoms with van der Waals surface area (Å²) in [6, 6.07) is 4.50. The predicted octanol–water partition coefficient (Wildman–Crippen LogP) is 2.18. The lowest BCUT2D eigenvalue weighted by Crippen LogP contribution is -2.24. The first-order valence-electron chi connectivity index (χ1n) is 5.95. The Hall–Kier alpha value is -1.12. The van der Waals surface area contributed by atoms with E-state index in [0.29, 0.717) is 22.8 Å². The Morgan fingerprint density at radius 1 is 1.29 bits per heavy atom. The third-order valence-electron chi connectivity index (χ3n) is 2.67. The zero-order valence-corrected chi connectivity index (χ0v) is 13.4. The van der Waals surface area contributed by atoms with Gasteiger partial charge in [-0.2, -0.15) is 0 Å². The lowest BCUT2D eigenvalue weighted by Gasteiger charge is -2.11. The minimum Gasteiger partial charge on any atom is -0.364 e. The molecule has 21 heavy (non-hydrogen) atoms. The average Bonchev–Trinajstić information content (AvgIpc) is 2.94. The Morgan fingerprint density at radius 2 is 2.05 bits per heavy atom. The second-order valence-corrected chi connectivity index (χ2v) is 6.77. The van der Waals surface area contributed by atoms with Crippen molar-refractivity contribution < 1.29 is 12.9 Å². The van der Waals surface area contributed by atoms with E-state index in [4.69, 9.17) is 23.2 Å². The van der Waals surface area contributed by atoms with Crippen LogP contribution in [0, 0.1) is 0 Å². The summed E-state index contributed by atoms with van der Waals surface area (Å²) in [7, 11) is -2.08. The molecule has 1 aromatic heterocycles. The van der Waals surface area contributed by atoms with Crippen LogP contribution in [0.15, 0.2) is 33.9 Å². The average molecular weight is 350 g/mol. The number of hydrogen-bond acceptors (Lipinski definition) is 5. The number of aromatic nitrogens is 1. The molecule has 0 amide bonds. The van der Waals surface area contributed by atoms with E-state index in [0.717, 1.165) is 0 Å². The second kappa shape index (κ2) is 6.76. The molecule has 0 fully saturated rings. The highest BCUT2D eigenvalue weighted by atomic mass is 35.5. The van der Waals surface area contributed by atoms with Crippen LogP contribution >= 0.6 is 23.2 Å². The highest BCUT2D eigenvalue weighted by Crippen LogP contribution is 2.29. The predicted molar refractivity (Wildman–Crippen MR) is 79.8 cm³/mol. The second-order valence-electron chi connectivity index (χ2n) is 4.22. The normalized spacial score (nSPS) is 11.8. The van der Waals surface area contributed by atoms with Crippen molar-refractivity contribution in [3.8, 4) is 0 Å². The molecule has 0 aliphatic rings. The number of sulfonamides is 1. The maximum absolute atomic E-state index is 12.3. The third-order valence-corrected chi connectivity index (χ3v) is 4.87. The SMILES string of the molecule is CNCc1cc(Cl)cc(S(=O)(=O)NCc2ccon2)c1Cl.